The first-order valence-electron chi connectivity index (χ1n) is 9.50. The van der Waals surface area contributed by atoms with Gasteiger partial charge in [0.1, 0.15) is 10.7 Å². The predicted octanol–water partition coefficient (Wildman–Crippen LogP) is 3.67. The minimum Gasteiger partial charge on any atom is -0.454 e. The fourth-order valence-electron chi connectivity index (χ4n) is 3.89. The maximum absolute atomic E-state index is 13.2. The number of nitrogens with zero attached hydrogens (tertiary/aromatic N) is 2. The van der Waals surface area contributed by atoms with Crippen LogP contribution < -0.4 is 14.8 Å². The van der Waals surface area contributed by atoms with E-state index < -0.39 is 11.6 Å². The number of amides is 3. The number of benzene rings is 2. The van der Waals surface area contributed by atoms with Gasteiger partial charge in [0.05, 0.1) is 12.1 Å². The first-order chi connectivity index (χ1) is 14.4. The SMILES string of the molecule is CC1(Cc2ccc3c(c2)OCO3)NC(=O)N(Cc2cc3ccccc3nc2Cl)C1=O. The summed E-state index contributed by atoms with van der Waals surface area (Å²) in [6.45, 7) is 1.95. The van der Waals surface area contributed by atoms with Crippen molar-refractivity contribution in [3.63, 3.8) is 0 Å². The van der Waals surface area contributed by atoms with Gasteiger partial charge in [-0.1, -0.05) is 35.9 Å². The quantitative estimate of drug-likeness (QED) is 0.511. The molecule has 1 fully saturated rings. The highest BCUT2D eigenvalue weighted by Gasteiger charge is 2.47. The molecule has 1 N–H and O–H groups in total. The second-order valence-corrected chi connectivity index (χ2v) is 8.01. The van der Waals surface area contributed by atoms with Gasteiger partial charge < -0.3 is 14.8 Å². The van der Waals surface area contributed by atoms with Crippen LogP contribution in [-0.2, 0) is 17.8 Å². The lowest BCUT2D eigenvalue weighted by Gasteiger charge is -2.22. The molecule has 30 heavy (non-hydrogen) atoms. The molecule has 1 aromatic heterocycles. The molecule has 2 aliphatic heterocycles. The van der Waals surface area contributed by atoms with Crippen molar-refractivity contribution in [2.75, 3.05) is 6.79 Å². The van der Waals surface area contributed by atoms with E-state index in [2.05, 4.69) is 10.3 Å². The van der Waals surface area contributed by atoms with Crippen LogP contribution in [0.4, 0.5) is 4.79 Å². The average Bonchev–Trinajstić information content (AvgIpc) is 3.26. The summed E-state index contributed by atoms with van der Waals surface area (Å²) >= 11 is 6.33. The van der Waals surface area contributed by atoms with Crippen LogP contribution in [0.2, 0.25) is 5.15 Å². The molecule has 1 atom stereocenters. The lowest BCUT2D eigenvalue weighted by Crippen LogP contribution is -2.45. The van der Waals surface area contributed by atoms with Crippen LogP contribution in [0.1, 0.15) is 18.1 Å². The zero-order chi connectivity index (χ0) is 20.9. The smallest absolute Gasteiger partial charge is 0.325 e. The van der Waals surface area contributed by atoms with Gasteiger partial charge in [0, 0.05) is 17.4 Å². The predicted molar refractivity (Wildman–Crippen MR) is 111 cm³/mol. The van der Waals surface area contributed by atoms with Gasteiger partial charge in [0.2, 0.25) is 6.79 Å². The molecule has 2 aromatic carbocycles. The molecule has 0 saturated carbocycles. The third-order valence-electron chi connectivity index (χ3n) is 5.42. The number of rotatable bonds is 4. The molecular formula is C22H18ClN3O4. The van der Waals surface area contributed by atoms with E-state index in [1.807, 2.05) is 42.5 Å². The van der Waals surface area contributed by atoms with Crippen molar-refractivity contribution in [2.24, 2.45) is 0 Å². The van der Waals surface area contributed by atoms with E-state index in [1.54, 1.807) is 13.0 Å². The Kier molecular flexibility index (Phi) is 4.29. The lowest BCUT2D eigenvalue weighted by atomic mass is 9.92. The number of hydrogen-bond acceptors (Lipinski definition) is 5. The van der Waals surface area contributed by atoms with Gasteiger partial charge in [-0.2, -0.15) is 0 Å². The average molecular weight is 424 g/mol. The molecule has 152 valence electrons. The van der Waals surface area contributed by atoms with Crippen LogP contribution in [-0.4, -0.2) is 34.2 Å². The molecule has 7 nitrogen and oxygen atoms in total. The Morgan fingerprint density at radius 1 is 1.13 bits per heavy atom. The molecule has 0 aliphatic carbocycles. The molecular weight excluding hydrogens is 406 g/mol. The summed E-state index contributed by atoms with van der Waals surface area (Å²) < 4.78 is 10.7. The number of pyridine rings is 1. The van der Waals surface area contributed by atoms with Crippen molar-refractivity contribution >= 4 is 34.4 Å². The number of carbonyl (C=O) groups excluding carboxylic acids is 2. The van der Waals surface area contributed by atoms with Crippen LogP contribution in [0, 0.1) is 0 Å². The second-order valence-electron chi connectivity index (χ2n) is 7.65. The van der Waals surface area contributed by atoms with E-state index in [-0.39, 0.29) is 24.4 Å². The van der Waals surface area contributed by atoms with Gasteiger partial charge in [-0.3, -0.25) is 9.69 Å². The molecule has 2 aliphatic rings. The normalized spacial score (nSPS) is 20.1. The topological polar surface area (TPSA) is 80.8 Å². The Bertz CT molecular complexity index is 1200. The minimum absolute atomic E-state index is 0.0536. The maximum Gasteiger partial charge on any atom is 0.325 e. The van der Waals surface area contributed by atoms with Gasteiger partial charge in [-0.05, 0) is 36.8 Å². The van der Waals surface area contributed by atoms with Crippen LogP contribution in [0.15, 0.2) is 48.5 Å². The summed E-state index contributed by atoms with van der Waals surface area (Å²) in [5.74, 6) is 0.999. The van der Waals surface area contributed by atoms with Crippen LogP contribution >= 0.6 is 11.6 Å². The van der Waals surface area contributed by atoms with Crippen molar-refractivity contribution in [1.82, 2.24) is 15.2 Å². The summed E-state index contributed by atoms with van der Waals surface area (Å²) in [6, 6.07) is 14.5. The third kappa shape index (κ3) is 3.11. The minimum atomic E-state index is -1.07. The van der Waals surface area contributed by atoms with E-state index >= 15 is 0 Å². The zero-order valence-electron chi connectivity index (χ0n) is 16.1. The number of ether oxygens (including phenoxy) is 2. The Balaban J connectivity index is 1.39. The van der Waals surface area contributed by atoms with Crippen molar-refractivity contribution < 1.29 is 19.1 Å². The highest BCUT2D eigenvalue weighted by Crippen LogP contribution is 2.34. The molecule has 8 heteroatoms. The molecule has 0 spiro atoms. The van der Waals surface area contributed by atoms with E-state index in [4.69, 9.17) is 21.1 Å². The fraction of sp³-hybridized carbons (Fsp3) is 0.227. The number of imide groups is 1. The van der Waals surface area contributed by atoms with Crippen LogP contribution in [0.3, 0.4) is 0 Å². The Morgan fingerprint density at radius 3 is 2.80 bits per heavy atom. The standard InChI is InChI=1S/C22H18ClN3O4/c1-22(10-13-6-7-17-18(8-13)30-12-29-17)20(27)26(21(28)25-22)11-15-9-14-4-2-3-5-16(14)24-19(15)23/h2-9H,10-12H2,1H3,(H,25,28). The first kappa shape index (κ1) is 18.7. The number of nitrogens with one attached hydrogen (secondary N) is 1. The molecule has 3 aromatic rings. The lowest BCUT2D eigenvalue weighted by molar-refractivity contribution is -0.131. The molecule has 3 heterocycles. The fourth-order valence-corrected chi connectivity index (χ4v) is 4.09. The van der Waals surface area contributed by atoms with Crippen molar-refractivity contribution in [3.8, 4) is 11.5 Å². The van der Waals surface area contributed by atoms with Gasteiger partial charge in [-0.15, -0.1) is 0 Å². The molecule has 0 radical (unpaired) electrons. The Labute approximate surface area is 177 Å². The summed E-state index contributed by atoms with van der Waals surface area (Å²) in [7, 11) is 0. The van der Waals surface area contributed by atoms with Crippen LogP contribution in [0.25, 0.3) is 10.9 Å². The molecule has 5 rings (SSSR count). The zero-order valence-corrected chi connectivity index (χ0v) is 16.9. The summed E-state index contributed by atoms with van der Waals surface area (Å²) in [6.07, 6.45) is 0.328. The van der Waals surface area contributed by atoms with Gasteiger partial charge in [-0.25, -0.2) is 9.78 Å². The highest BCUT2D eigenvalue weighted by atomic mass is 35.5. The number of aromatic nitrogens is 1. The van der Waals surface area contributed by atoms with Crippen LogP contribution in [0.5, 0.6) is 11.5 Å². The Hall–Kier alpha value is -3.32. The van der Waals surface area contributed by atoms with Gasteiger partial charge in [0.15, 0.2) is 11.5 Å². The van der Waals surface area contributed by atoms with Gasteiger partial charge in [0.25, 0.3) is 5.91 Å². The third-order valence-corrected chi connectivity index (χ3v) is 5.75. The summed E-state index contributed by atoms with van der Waals surface area (Å²) in [5, 5.41) is 4.00. The number of fused-ring (bicyclic) bond motifs is 2. The van der Waals surface area contributed by atoms with Crippen molar-refractivity contribution in [3.05, 3.63) is 64.8 Å². The Morgan fingerprint density at radius 2 is 1.93 bits per heavy atom. The maximum atomic E-state index is 13.2. The van der Waals surface area contributed by atoms with E-state index in [1.165, 1.54) is 4.90 Å². The molecule has 0 bridgehead atoms. The number of para-hydroxylation sites is 1. The number of carbonyl (C=O) groups is 2. The number of urea groups is 1. The van der Waals surface area contributed by atoms with E-state index in [0.717, 1.165) is 16.5 Å². The van der Waals surface area contributed by atoms with E-state index in [9.17, 15) is 9.59 Å². The van der Waals surface area contributed by atoms with Gasteiger partial charge >= 0.3 is 6.03 Å². The summed E-state index contributed by atoms with van der Waals surface area (Å²) in [4.78, 5) is 31.4. The van der Waals surface area contributed by atoms with Crippen molar-refractivity contribution in [2.45, 2.75) is 25.4 Å². The monoisotopic (exact) mass is 423 g/mol. The molecule has 1 unspecified atom stereocenters. The largest absolute Gasteiger partial charge is 0.454 e. The molecule has 1 saturated heterocycles. The highest BCUT2D eigenvalue weighted by molar-refractivity contribution is 6.30. The molecule has 3 amide bonds. The van der Waals surface area contributed by atoms with E-state index in [0.29, 0.717) is 23.5 Å². The van der Waals surface area contributed by atoms with Crippen molar-refractivity contribution in [1.29, 1.82) is 0 Å². The summed E-state index contributed by atoms with van der Waals surface area (Å²) in [5.41, 5.74) is 1.17. The first-order valence-corrected chi connectivity index (χ1v) is 9.87. The second kappa shape index (κ2) is 6.88. The number of hydrogen-bond donors (Lipinski definition) is 1. The number of halogens is 1.